The number of carbonyl (C=O) groups is 2. The van der Waals surface area contributed by atoms with Gasteiger partial charge in [-0.3, -0.25) is 4.79 Å². The highest BCUT2D eigenvalue weighted by Gasteiger charge is 2.15. The molecule has 108 valence electrons. The number of carbonyl (C=O) groups excluding carboxylic acids is 2. The van der Waals surface area contributed by atoms with E-state index >= 15 is 0 Å². The molecule has 0 bridgehead atoms. The van der Waals surface area contributed by atoms with Crippen LogP contribution >= 0.6 is 0 Å². The second-order valence-corrected chi connectivity index (χ2v) is 4.66. The number of rotatable bonds is 6. The van der Waals surface area contributed by atoms with Gasteiger partial charge in [0, 0.05) is 6.08 Å². The summed E-state index contributed by atoms with van der Waals surface area (Å²) in [5.41, 5.74) is 0.815. The Hall–Kier alpha value is -2.30. The quantitative estimate of drug-likeness (QED) is 0.772. The maximum Gasteiger partial charge on any atom is 0.244 e. The summed E-state index contributed by atoms with van der Waals surface area (Å²) in [7, 11) is 1.57. The first-order valence-corrected chi connectivity index (χ1v) is 6.27. The van der Waals surface area contributed by atoms with E-state index in [4.69, 9.17) is 4.74 Å². The minimum Gasteiger partial charge on any atom is -0.548 e. The van der Waals surface area contributed by atoms with Crippen molar-refractivity contribution in [2.45, 2.75) is 19.9 Å². The van der Waals surface area contributed by atoms with Gasteiger partial charge in [0.2, 0.25) is 5.91 Å². The molecule has 0 aliphatic rings. The maximum absolute atomic E-state index is 11.6. The summed E-state index contributed by atoms with van der Waals surface area (Å²) in [6, 6.07) is 6.14. The third-order valence-corrected chi connectivity index (χ3v) is 2.76. The number of benzene rings is 1. The molecule has 1 amide bonds. The van der Waals surface area contributed by atoms with Gasteiger partial charge >= 0.3 is 0 Å². The Kier molecular flexibility index (Phi) is 5.77. The van der Waals surface area contributed by atoms with Crippen LogP contribution < -0.4 is 15.2 Å². The first-order chi connectivity index (χ1) is 9.43. The lowest BCUT2D eigenvalue weighted by molar-refractivity contribution is -0.309. The summed E-state index contributed by atoms with van der Waals surface area (Å²) >= 11 is 0. The number of carboxylic acid groups (broad SMARTS) is 1. The fourth-order valence-electron chi connectivity index (χ4n) is 1.59. The highest BCUT2D eigenvalue weighted by atomic mass is 16.5. The lowest BCUT2D eigenvalue weighted by Gasteiger charge is -2.22. The summed E-state index contributed by atoms with van der Waals surface area (Å²) in [6.45, 7) is 3.40. The minimum atomic E-state index is -1.29. The standard InChI is InChI=1S/C15H19NO4/c1-10(2)14(15(18)19)16-13(17)9-6-11-4-7-12(20-3)8-5-11/h4-10,14H,1-3H3,(H,16,17)(H,18,19)/p-1/b9-6+/t14-/m0/s1. The number of methoxy groups -OCH3 is 1. The average molecular weight is 276 g/mol. The van der Waals surface area contributed by atoms with Crippen LogP contribution in [-0.2, 0) is 9.59 Å². The molecule has 0 radical (unpaired) electrons. The molecule has 1 atom stereocenters. The second-order valence-electron chi connectivity index (χ2n) is 4.66. The Morgan fingerprint density at radius 3 is 2.30 bits per heavy atom. The van der Waals surface area contributed by atoms with Gasteiger partial charge in [0.05, 0.1) is 19.1 Å². The highest BCUT2D eigenvalue weighted by molar-refractivity contribution is 5.94. The predicted octanol–water partition coefficient (Wildman–Crippen LogP) is 0.599. The van der Waals surface area contributed by atoms with Crippen molar-refractivity contribution in [3.63, 3.8) is 0 Å². The van der Waals surface area contributed by atoms with E-state index in [-0.39, 0.29) is 5.92 Å². The maximum atomic E-state index is 11.6. The molecule has 0 saturated heterocycles. The van der Waals surface area contributed by atoms with Crippen LogP contribution in [0.25, 0.3) is 6.08 Å². The zero-order chi connectivity index (χ0) is 15.1. The van der Waals surface area contributed by atoms with Gasteiger partial charge in [-0.1, -0.05) is 26.0 Å². The molecule has 1 aromatic rings. The molecule has 0 heterocycles. The van der Waals surface area contributed by atoms with Gasteiger partial charge in [-0.2, -0.15) is 0 Å². The van der Waals surface area contributed by atoms with E-state index in [1.165, 1.54) is 6.08 Å². The molecule has 0 aromatic heterocycles. The van der Waals surface area contributed by atoms with E-state index in [0.29, 0.717) is 0 Å². The molecule has 1 aromatic carbocycles. The lowest BCUT2D eigenvalue weighted by Crippen LogP contribution is -2.50. The van der Waals surface area contributed by atoms with Crippen molar-refractivity contribution in [1.29, 1.82) is 0 Å². The predicted molar refractivity (Wildman–Crippen MR) is 73.8 cm³/mol. The van der Waals surface area contributed by atoms with Gasteiger partial charge in [-0.25, -0.2) is 0 Å². The summed E-state index contributed by atoms with van der Waals surface area (Å²) in [4.78, 5) is 22.5. The van der Waals surface area contributed by atoms with Gasteiger partial charge < -0.3 is 20.0 Å². The molecule has 0 fully saturated rings. The van der Waals surface area contributed by atoms with E-state index in [1.54, 1.807) is 51.3 Å². The first-order valence-electron chi connectivity index (χ1n) is 6.27. The molecule has 0 aliphatic heterocycles. The van der Waals surface area contributed by atoms with Crippen molar-refractivity contribution >= 4 is 18.0 Å². The SMILES string of the molecule is COc1ccc(/C=C/C(=O)N[C@H](C(=O)[O-])C(C)C)cc1. The molecule has 1 N–H and O–H groups in total. The molecule has 5 nitrogen and oxygen atoms in total. The van der Waals surface area contributed by atoms with Gasteiger partial charge in [-0.05, 0) is 29.7 Å². The van der Waals surface area contributed by atoms with E-state index in [9.17, 15) is 14.7 Å². The second kappa shape index (κ2) is 7.33. The fourth-order valence-corrected chi connectivity index (χ4v) is 1.59. The molecule has 0 aliphatic carbocycles. The number of carboxylic acids is 1. The first kappa shape index (κ1) is 15.8. The summed E-state index contributed by atoms with van der Waals surface area (Å²) < 4.78 is 5.02. The Morgan fingerprint density at radius 1 is 1.25 bits per heavy atom. The number of hydrogen-bond acceptors (Lipinski definition) is 4. The largest absolute Gasteiger partial charge is 0.548 e. The van der Waals surface area contributed by atoms with Crippen LogP contribution in [0.5, 0.6) is 5.75 Å². The van der Waals surface area contributed by atoms with Crippen LogP contribution in [0.4, 0.5) is 0 Å². The Labute approximate surface area is 118 Å². The van der Waals surface area contributed by atoms with Crippen molar-refractivity contribution in [3.8, 4) is 5.75 Å². The third kappa shape index (κ3) is 4.76. The minimum absolute atomic E-state index is 0.238. The van der Waals surface area contributed by atoms with Crippen molar-refractivity contribution in [1.82, 2.24) is 5.32 Å². The van der Waals surface area contributed by atoms with Crippen molar-refractivity contribution < 1.29 is 19.4 Å². The van der Waals surface area contributed by atoms with Crippen LogP contribution in [-0.4, -0.2) is 25.0 Å². The smallest absolute Gasteiger partial charge is 0.244 e. The molecule has 5 heteroatoms. The van der Waals surface area contributed by atoms with Crippen LogP contribution in [0.2, 0.25) is 0 Å². The molecule has 0 unspecified atom stereocenters. The zero-order valence-electron chi connectivity index (χ0n) is 11.8. The highest BCUT2D eigenvalue weighted by Crippen LogP contribution is 2.12. The Bertz CT molecular complexity index is 491. The monoisotopic (exact) mass is 276 g/mol. The number of aliphatic carboxylic acids is 1. The van der Waals surface area contributed by atoms with Gasteiger partial charge in [-0.15, -0.1) is 0 Å². The number of amides is 1. The van der Waals surface area contributed by atoms with Crippen LogP contribution in [0.15, 0.2) is 30.3 Å². The van der Waals surface area contributed by atoms with E-state index < -0.39 is 17.9 Å². The van der Waals surface area contributed by atoms with Crippen LogP contribution in [0, 0.1) is 5.92 Å². The zero-order valence-corrected chi connectivity index (χ0v) is 11.8. The molecular weight excluding hydrogens is 258 g/mol. The molecular formula is C15H18NO4-. The van der Waals surface area contributed by atoms with E-state index in [1.807, 2.05) is 0 Å². The molecule has 1 rings (SSSR count). The van der Waals surface area contributed by atoms with Crippen molar-refractivity contribution in [3.05, 3.63) is 35.9 Å². The van der Waals surface area contributed by atoms with Crippen LogP contribution in [0.3, 0.4) is 0 Å². The normalized spacial score (nSPS) is 12.4. The lowest BCUT2D eigenvalue weighted by atomic mass is 10.0. The van der Waals surface area contributed by atoms with Crippen LogP contribution in [0.1, 0.15) is 19.4 Å². The molecule has 0 saturated carbocycles. The van der Waals surface area contributed by atoms with Gasteiger partial charge in [0.15, 0.2) is 0 Å². The molecule has 0 spiro atoms. The Balaban J connectivity index is 2.64. The van der Waals surface area contributed by atoms with E-state index in [2.05, 4.69) is 5.32 Å². The third-order valence-electron chi connectivity index (χ3n) is 2.76. The summed E-state index contributed by atoms with van der Waals surface area (Å²) in [5.74, 6) is -1.27. The Morgan fingerprint density at radius 2 is 1.85 bits per heavy atom. The topological polar surface area (TPSA) is 78.5 Å². The van der Waals surface area contributed by atoms with Crippen molar-refractivity contribution in [2.75, 3.05) is 7.11 Å². The number of hydrogen-bond donors (Lipinski definition) is 1. The van der Waals surface area contributed by atoms with Gasteiger partial charge in [0.25, 0.3) is 0 Å². The van der Waals surface area contributed by atoms with Crippen molar-refractivity contribution in [2.24, 2.45) is 5.92 Å². The van der Waals surface area contributed by atoms with E-state index in [0.717, 1.165) is 11.3 Å². The molecule has 20 heavy (non-hydrogen) atoms. The van der Waals surface area contributed by atoms with Gasteiger partial charge in [0.1, 0.15) is 5.75 Å². The number of nitrogens with one attached hydrogen (secondary N) is 1. The average Bonchev–Trinajstić information content (AvgIpc) is 2.42. The number of ether oxygens (including phenoxy) is 1. The summed E-state index contributed by atoms with van der Waals surface area (Å²) in [5, 5.41) is 13.3. The fraction of sp³-hybridized carbons (Fsp3) is 0.333. The summed E-state index contributed by atoms with van der Waals surface area (Å²) in [6.07, 6.45) is 2.89.